The summed E-state index contributed by atoms with van der Waals surface area (Å²) in [5.41, 5.74) is 1.33. The van der Waals surface area contributed by atoms with Crippen molar-refractivity contribution < 1.29 is 4.79 Å². The minimum Gasteiger partial charge on any atom is -0.338 e. The van der Waals surface area contributed by atoms with Gasteiger partial charge in [-0.25, -0.2) is 4.98 Å². The van der Waals surface area contributed by atoms with Crippen molar-refractivity contribution in [1.82, 2.24) is 9.88 Å². The average Bonchev–Trinajstić information content (AvgIpc) is 2.90. The van der Waals surface area contributed by atoms with E-state index in [-0.39, 0.29) is 5.91 Å². The number of aromatic nitrogens is 1. The number of aryl methyl sites for hydroxylation is 2. The summed E-state index contributed by atoms with van der Waals surface area (Å²) in [5, 5.41) is 1.26. The summed E-state index contributed by atoms with van der Waals surface area (Å²) in [6.07, 6.45) is 8.60. The van der Waals surface area contributed by atoms with Crippen molar-refractivity contribution in [2.45, 2.75) is 44.4 Å². The van der Waals surface area contributed by atoms with Gasteiger partial charge in [0.05, 0.1) is 10.7 Å². The Kier molecular flexibility index (Phi) is 3.69. The van der Waals surface area contributed by atoms with E-state index < -0.39 is 0 Å². The lowest BCUT2D eigenvalue weighted by Crippen LogP contribution is -2.38. The highest BCUT2D eigenvalue weighted by Gasteiger charge is 2.27. The van der Waals surface area contributed by atoms with Gasteiger partial charge in [-0.3, -0.25) is 4.79 Å². The summed E-state index contributed by atoms with van der Waals surface area (Å²) in [6, 6.07) is 0. The normalized spacial score (nSPS) is 22.9. The fraction of sp³-hybridized carbons (Fsp3) is 0.600. The quantitative estimate of drug-likeness (QED) is 0.778. The number of nitrogens with zero attached hydrogens (tertiary/aromatic N) is 2. The van der Waals surface area contributed by atoms with Crippen LogP contribution in [-0.2, 0) is 17.6 Å². The van der Waals surface area contributed by atoms with E-state index >= 15 is 0 Å². The Morgan fingerprint density at radius 2 is 2.21 bits per heavy atom. The lowest BCUT2D eigenvalue weighted by molar-refractivity contribution is -0.127. The number of hydrogen-bond donors (Lipinski definition) is 0. The standard InChI is InChI=1S/C15H20N2OS/c1-2-14(18)17-9-5-6-11(10-17)15-16-12-7-3-4-8-13(12)19-15/h2,11H,1,3-10H2. The van der Waals surface area contributed by atoms with Gasteiger partial charge in [-0.2, -0.15) is 0 Å². The second-order valence-corrected chi connectivity index (χ2v) is 6.57. The zero-order valence-electron chi connectivity index (χ0n) is 11.2. The monoisotopic (exact) mass is 276 g/mol. The summed E-state index contributed by atoms with van der Waals surface area (Å²) >= 11 is 1.89. The molecule has 19 heavy (non-hydrogen) atoms. The number of carbonyl (C=O) groups excluding carboxylic acids is 1. The Bertz CT molecular complexity index is 471. The van der Waals surface area contributed by atoms with Crippen LogP contribution in [0.2, 0.25) is 0 Å². The van der Waals surface area contributed by atoms with Crippen molar-refractivity contribution in [3.05, 3.63) is 28.2 Å². The molecule has 0 spiro atoms. The van der Waals surface area contributed by atoms with Gasteiger partial charge in [0.1, 0.15) is 0 Å². The van der Waals surface area contributed by atoms with Gasteiger partial charge in [0.2, 0.25) is 5.91 Å². The maximum atomic E-state index is 11.7. The van der Waals surface area contributed by atoms with E-state index in [1.54, 1.807) is 0 Å². The number of hydrogen-bond acceptors (Lipinski definition) is 3. The summed E-state index contributed by atoms with van der Waals surface area (Å²) in [4.78, 5) is 20.0. The Labute approximate surface area is 118 Å². The van der Waals surface area contributed by atoms with Crippen molar-refractivity contribution >= 4 is 17.2 Å². The molecule has 1 saturated heterocycles. The van der Waals surface area contributed by atoms with Crippen LogP contribution in [-0.4, -0.2) is 28.9 Å². The van der Waals surface area contributed by atoms with Gasteiger partial charge in [-0.15, -0.1) is 11.3 Å². The van der Waals surface area contributed by atoms with Gasteiger partial charge in [-0.1, -0.05) is 6.58 Å². The minimum atomic E-state index is 0.0611. The highest BCUT2D eigenvalue weighted by atomic mass is 32.1. The first-order valence-corrected chi connectivity index (χ1v) is 7.99. The zero-order chi connectivity index (χ0) is 13.2. The van der Waals surface area contributed by atoms with Crippen LogP contribution >= 0.6 is 11.3 Å². The van der Waals surface area contributed by atoms with Gasteiger partial charge >= 0.3 is 0 Å². The van der Waals surface area contributed by atoms with Crippen LogP contribution in [0.15, 0.2) is 12.7 Å². The molecular weight excluding hydrogens is 256 g/mol. The molecule has 1 aromatic rings. The molecule has 0 saturated carbocycles. The number of thiazole rings is 1. The van der Waals surface area contributed by atoms with E-state index in [0.717, 1.165) is 32.4 Å². The molecule has 1 atom stereocenters. The first-order chi connectivity index (χ1) is 9.28. The highest BCUT2D eigenvalue weighted by Crippen LogP contribution is 2.34. The van der Waals surface area contributed by atoms with Gasteiger partial charge in [0, 0.05) is 23.9 Å². The molecule has 0 aromatic carbocycles. The lowest BCUT2D eigenvalue weighted by Gasteiger charge is -2.31. The maximum absolute atomic E-state index is 11.7. The highest BCUT2D eigenvalue weighted by molar-refractivity contribution is 7.11. The zero-order valence-corrected chi connectivity index (χ0v) is 12.0. The summed E-state index contributed by atoms with van der Waals surface area (Å²) in [6.45, 7) is 5.27. The van der Waals surface area contributed by atoms with E-state index in [1.807, 2.05) is 16.2 Å². The third-order valence-electron chi connectivity index (χ3n) is 4.12. The molecule has 1 aliphatic heterocycles. The van der Waals surface area contributed by atoms with Crippen molar-refractivity contribution in [2.75, 3.05) is 13.1 Å². The lowest BCUT2D eigenvalue weighted by atomic mass is 9.98. The molecule has 2 aliphatic rings. The molecule has 0 bridgehead atoms. The van der Waals surface area contributed by atoms with Gasteiger partial charge < -0.3 is 4.90 Å². The summed E-state index contributed by atoms with van der Waals surface area (Å²) in [7, 11) is 0. The molecule has 102 valence electrons. The predicted octanol–water partition coefficient (Wildman–Crippen LogP) is 2.91. The summed E-state index contributed by atoms with van der Waals surface area (Å²) in [5.74, 6) is 0.499. The van der Waals surface area contributed by atoms with Crippen LogP contribution in [0.1, 0.15) is 47.2 Å². The average molecular weight is 276 g/mol. The first-order valence-electron chi connectivity index (χ1n) is 7.17. The number of carbonyl (C=O) groups is 1. The van der Waals surface area contributed by atoms with Crippen molar-refractivity contribution in [1.29, 1.82) is 0 Å². The molecule has 1 amide bonds. The molecule has 3 nitrogen and oxygen atoms in total. The molecule has 0 radical (unpaired) electrons. The first kappa shape index (κ1) is 12.9. The second-order valence-electron chi connectivity index (χ2n) is 5.46. The van der Waals surface area contributed by atoms with Crippen molar-refractivity contribution in [3.8, 4) is 0 Å². The molecule has 3 rings (SSSR count). The Morgan fingerprint density at radius 3 is 3.00 bits per heavy atom. The summed E-state index contributed by atoms with van der Waals surface area (Å²) < 4.78 is 0. The van der Waals surface area contributed by atoms with Crippen LogP contribution in [0.25, 0.3) is 0 Å². The van der Waals surface area contributed by atoms with Crippen LogP contribution in [0, 0.1) is 0 Å². The number of likely N-dealkylation sites (tertiary alicyclic amines) is 1. The smallest absolute Gasteiger partial charge is 0.245 e. The van der Waals surface area contributed by atoms with E-state index in [1.165, 1.54) is 40.9 Å². The largest absolute Gasteiger partial charge is 0.338 e. The number of piperidine rings is 1. The topological polar surface area (TPSA) is 33.2 Å². The van der Waals surface area contributed by atoms with Crippen molar-refractivity contribution in [2.24, 2.45) is 0 Å². The van der Waals surface area contributed by atoms with Crippen LogP contribution in [0.5, 0.6) is 0 Å². The maximum Gasteiger partial charge on any atom is 0.245 e. The predicted molar refractivity (Wildman–Crippen MR) is 77.5 cm³/mol. The molecule has 2 heterocycles. The molecule has 1 fully saturated rings. The van der Waals surface area contributed by atoms with Crippen LogP contribution in [0.4, 0.5) is 0 Å². The Balaban J connectivity index is 1.76. The third-order valence-corrected chi connectivity index (χ3v) is 5.44. The SMILES string of the molecule is C=CC(=O)N1CCCC(c2nc3c(s2)CCCC3)C1. The molecule has 0 N–H and O–H groups in total. The van der Waals surface area contributed by atoms with E-state index in [2.05, 4.69) is 6.58 Å². The number of fused-ring (bicyclic) bond motifs is 1. The molecular formula is C15H20N2OS. The fourth-order valence-corrected chi connectivity index (χ4v) is 4.33. The van der Waals surface area contributed by atoms with E-state index in [4.69, 9.17) is 4.98 Å². The Hall–Kier alpha value is -1.16. The number of amides is 1. The molecule has 1 unspecified atom stereocenters. The third kappa shape index (κ3) is 2.59. The van der Waals surface area contributed by atoms with Gasteiger partial charge in [0.15, 0.2) is 0 Å². The molecule has 1 aliphatic carbocycles. The minimum absolute atomic E-state index is 0.0611. The van der Waals surface area contributed by atoms with E-state index in [0.29, 0.717) is 5.92 Å². The second kappa shape index (κ2) is 5.45. The van der Waals surface area contributed by atoms with Gasteiger partial charge in [-0.05, 0) is 44.6 Å². The van der Waals surface area contributed by atoms with Crippen LogP contribution in [0.3, 0.4) is 0 Å². The van der Waals surface area contributed by atoms with Crippen LogP contribution < -0.4 is 0 Å². The molecule has 1 aromatic heterocycles. The Morgan fingerprint density at radius 1 is 1.37 bits per heavy atom. The van der Waals surface area contributed by atoms with Gasteiger partial charge in [0.25, 0.3) is 0 Å². The van der Waals surface area contributed by atoms with E-state index in [9.17, 15) is 4.79 Å². The number of rotatable bonds is 2. The molecule has 4 heteroatoms. The fourth-order valence-electron chi connectivity index (χ4n) is 3.05. The van der Waals surface area contributed by atoms with Crippen molar-refractivity contribution in [3.63, 3.8) is 0 Å².